The molecule has 1 aromatic carbocycles. The van der Waals surface area contributed by atoms with Crippen molar-refractivity contribution in [2.75, 3.05) is 11.9 Å². The van der Waals surface area contributed by atoms with Crippen LogP contribution < -0.4 is 10.6 Å². The monoisotopic (exact) mass is 330 g/mol. The quantitative estimate of drug-likeness (QED) is 0.792. The number of benzene rings is 1. The number of aliphatic hydroxyl groups excluding tert-OH is 1. The molecule has 7 heteroatoms. The average Bonchev–Trinajstić information content (AvgIpc) is 2.46. The van der Waals surface area contributed by atoms with Crippen LogP contribution in [0.1, 0.15) is 31.2 Å². The lowest BCUT2D eigenvalue weighted by Gasteiger charge is -2.26. The second-order valence-electron chi connectivity index (χ2n) is 5.97. The predicted molar refractivity (Wildman–Crippen MR) is 81.2 cm³/mol. The normalized spacial score (nSPS) is 21.7. The maximum absolute atomic E-state index is 12.5. The molecule has 4 nitrogen and oxygen atoms in total. The van der Waals surface area contributed by atoms with E-state index in [2.05, 4.69) is 10.6 Å². The van der Waals surface area contributed by atoms with Crippen molar-refractivity contribution in [1.29, 1.82) is 0 Å². The fourth-order valence-electron chi connectivity index (χ4n) is 2.86. The first-order chi connectivity index (χ1) is 10.8. The first-order valence-electron chi connectivity index (χ1n) is 7.71. The predicted octanol–water partition coefficient (Wildman–Crippen LogP) is 3.46. The summed E-state index contributed by atoms with van der Waals surface area (Å²) in [5.41, 5.74) is 0.189. The zero-order valence-electron chi connectivity index (χ0n) is 12.7. The number of hydrogen-bond acceptors (Lipinski definition) is 2. The Bertz CT molecular complexity index is 534. The van der Waals surface area contributed by atoms with Gasteiger partial charge in [0.05, 0.1) is 12.5 Å². The van der Waals surface area contributed by atoms with Crippen molar-refractivity contribution in [3.8, 4) is 0 Å². The van der Waals surface area contributed by atoms with Gasteiger partial charge >= 0.3 is 12.2 Å². The highest BCUT2D eigenvalue weighted by Gasteiger charge is 2.29. The third-order valence-corrected chi connectivity index (χ3v) is 3.96. The standard InChI is InChI=1S/C16H21F3N2O2/c17-16(18,19)9-12-5-1-2-7-14(12)21-15(23)20-10-11-4-3-6-13(22)8-11/h1-2,5,7,11,13,22H,3-4,6,8-10H2,(H2,20,21,23). The van der Waals surface area contributed by atoms with E-state index in [1.807, 2.05) is 0 Å². The number of amides is 2. The molecule has 2 amide bonds. The van der Waals surface area contributed by atoms with Crippen LogP contribution in [0.3, 0.4) is 0 Å². The Labute approximate surface area is 133 Å². The number of carbonyl (C=O) groups is 1. The largest absolute Gasteiger partial charge is 0.393 e. The summed E-state index contributed by atoms with van der Waals surface area (Å²) in [4.78, 5) is 11.9. The summed E-state index contributed by atoms with van der Waals surface area (Å²) in [5, 5.41) is 14.7. The minimum absolute atomic E-state index is 0.0308. The Morgan fingerprint density at radius 2 is 2.00 bits per heavy atom. The number of hydrogen-bond donors (Lipinski definition) is 3. The number of rotatable bonds is 4. The van der Waals surface area contributed by atoms with Gasteiger partial charge in [-0.2, -0.15) is 13.2 Å². The molecule has 2 rings (SSSR count). The molecular formula is C16H21F3N2O2. The van der Waals surface area contributed by atoms with Gasteiger partial charge in [-0.25, -0.2) is 4.79 Å². The van der Waals surface area contributed by atoms with Crippen molar-refractivity contribution >= 4 is 11.7 Å². The van der Waals surface area contributed by atoms with Gasteiger partial charge in [0.1, 0.15) is 0 Å². The second-order valence-corrected chi connectivity index (χ2v) is 5.97. The number of anilines is 1. The van der Waals surface area contributed by atoms with Crippen LogP contribution in [0.25, 0.3) is 0 Å². The first-order valence-corrected chi connectivity index (χ1v) is 7.71. The summed E-state index contributed by atoms with van der Waals surface area (Å²) in [5.74, 6) is 0.204. The second kappa shape index (κ2) is 7.68. The van der Waals surface area contributed by atoms with E-state index in [1.165, 1.54) is 18.2 Å². The molecule has 0 bridgehead atoms. The van der Waals surface area contributed by atoms with Crippen LogP contribution in [0.4, 0.5) is 23.7 Å². The first kappa shape index (κ1) is 17.6. The van der Waals surface area contributed by atoms with Crippen LogP contribution in [0.15, 0.2) is 24.3 Å². The van der Waals surface area contributed by atoms with E-state index in [4.69, 9.17) is 0 Å². The van der Waals surface area contributed by atoms with E-state index in [0.717, 1.165) is 19.3 Å². The zero-order chi connectivity index (χ0) is 16.9. The van der Waals surface area contributed by atoms with Crippen LogP contribution in [0.5, 0.6) is 0 Å². The van der Waals surface area contributed by atoms with E-state index >= 15 is 0 Å². The van der Waals surface area contributed by atoms with Crippen molar-refractivity contribution in [3.05, 3.63) is 29.8 Å². The number of alkyl halides is 3. The van der Waals surface area contributed by atoms with Gasteiger partial charge in [0.15, 0.2) is 0 Å². The maximum Gasteiger partial charge on any atom is 0.393 e. The van der Waals surface area contributed by atoms with E-state index in [9.17, 15) is 23.1 Å². The third kappa shape index (κ3) is 6.09. The Morgan fingerprint density at radius 1 is 1.26 bits per heavy atom. The molecule has 1 fully saturated rings. The van der Waals surface area contributed by atoms with Crippen LogP contribution in [-0.2, 0) is 6.42 Å². The lowest BCUT2D eigenvalue weighted by Crippen LogP contribution is -2.35. The highest BCUT2D eigenvalue weighted by Crippen LogP contribution is 2.26. The summed E-state index contributed by atoms with van der Waals surface area (Å²) < 4.78 is 37.6. The molecule has 23 heavy (non-hydrogen) atoms. The van der Waals surface area contributed by atoms with Gasteiger partial charge in [0, 0.05) is 12.2 Å². The third-order valence-electron chi connectivity index (χ3n) is 3.96. The van der Waals surface area contributed by atoms with Gasteiger partial charge in [-0.15, -0.1) is 0 Å². The SMILES string of the molecule is O=C(NCC1CCCC(O)C1)Nc1ccccc1CC(F)(F)F. The highest BCUT2D eigenvalue weighted by molar-refractivity contribution is 5.90. The van der Waals surface area contributed by atoms with E-state index < -0.39 is 18.6 Å². The minimum Gasteiger partial charge on any atom is -0.393 e. The molecular weight excluding hydrogens is 309 g/mol. The number of carbonyl (C=O) groups excluding carboxylic acids is 1. The average molecular weight is 330 g/mol. The topological polar surface area (TPSA) is 61.4 Å². The molecule has 0 saturated heterocycles. The summed E-state index contributed by atoms with van der Waals surface area (Å²) in [6.07, 6.45) is -2.46. The molecule has 0 heterocycles. The maximum atomic E-state index is 12.5. The van der Waals surface area contributed by atoms with Crippen molar-refractivity contribution in [2.24, 2.45) is 5.92 Å². The van der Waals surface area contributed by atoms with Gasteiger partial charge < -0.3 is 15.7 Å². The molecule has 1 aliphatic rings. The van der Waals surface area contributed by atoms with Gasteiger partial charge in [0.2, 0.25) is 0 Å². The number of para-hydroxylation sites is 1. The van der Waals surface area contributed by atoms with Crippen molar-refractivity contribution in [3.63, 3.8) is 0 Å². The van der Waals surface area contributed by atoms with Gasteiger partial charge in [-0.1, -0.05) is 24.6 Å². The van der Waals surface area contributed by atoms with E-state index in [0.29, 0.717) is 13.0 Å². The van der Waals surface area contributed by atoms with Gasteiger partial charge in [0.25, 0.3) is 0 Å². The molecule has 1 aliphatic carbocycles. The van der Waals surface area contributed by atoms with E-state index in [-0.39, 0.29) is 23.3 Å². The minimum atomic E-state index is -4.33. The van der Waals surface area contributed by atoms with Crippen molar-refractivity contribution in [1.82, 2.24) is 5.32 Å². The van der Waals surface area contributed by atoms with Crippen LogP contribution in [0, 0.1) is 5.92 Å². The lowest BCUT2D eigenvalue weighted by molar-refractivity contribution is -0.127. The fourth-order valence-corrected chi connectivity index (χ4v) is 2.86. The molecule has 0 aromatic heterocycles. The van der Waals surface area contributed by atoms with Crippen LogP contribution in [0.2, 0.25) is 0 Å². The van der Waals surface area contributed by atoms with Crippen molar-refractivity contribution in [2.45, 2.75) is 44.4 Å². The molecule has 2 atom stereocenters. The Morgan fingerprint density at radius 3 is 2.70 bits per heavy atom. The van der Waals surface area contributed by atoms with Gasteiger partial charge in [-0.3, -0.25) is 0 Å². The van der Waals surface area contributed by atoms with E-state index in [1.54, 1.807) is 6.07 Å². The highest BCUT2D eigenvalue weighted by atomic mass is 19.4. The Kier molecular flexibility index (Phi) is 5.87. The summed E-state index contributed by atoms with van der Waals surface area (Å²) in [6, 6.07) is 5.35. The summed E-state index contributed by atoms with van der Waals surface area (Å²) in [7, 11) is 0. The Hall–Kier alpha value is -1.76. The van der Waals surface area contributed by atoms with Crippen LogP contribution >= 0.6 is 0 Å². The number of urea groups is 1. The Balaban J connectivity index is 1.87. The van der Waals surface area contributed by atoms with Crippen LogP contribution in [-0.4, -0.2) is 30.0 Å². The fraction of sp³-hybridized carbons (Fsp3) is 0.562. The molecule has 128 valence electrons. The molecule has 2 unspecified atom stereocenters. The molecule has 0 aliphatic heterocycles. The smallest absolute Gasteiger partial charge is 0.393 e. The summed E-state index contributed by atoms with van der Waals surface area (Å²) in [6.45, 7) is 0.407. The molecule has 0 spiro atoms. The molecule has 0 radical (unpaired) electrons. The molecule has 3 N–H and O–H groups in total. The number of aliphatic hydroxyl groups is 1. The number of halogens is 3. The summed E-state index contributed by atoms with van der Waals surface area (Å²) >= 11 is 0. The molecule has 1 aromatic rings. The zero-order valence-corrected chi connectivity index (χ0v) is 12.7. The van der Waals surface area contributed by atoms with Gasteiger partial charge in [-0.05, 0) is 36.8 Å². The molecule has 1 saturated carbocycles. The van der Waals surface area contributed by atoms with Crippen molar-refractivity contribution < 1.29 is 23.1 Å². The lowest BCUT2D eigenvalue weighted by atomic mass is 9.87. The number of nitrogens with one attached hydrogen (secondary N) is 2.